The number of carboxylic acids is 1. The van der Waals surface area contributed by atoms with Gasteiger partial charge in [0.1, 0.15) is 0 Å². The van der Waals surface area contributed by atoms with E-state index in [1.807, 2.05) is 0 Å². The standard InChI is InChI=1S/C23H42O7S.Na/c1-3-5-6-7-8-9-10-11-12-13-14-15-16-17-18-20(19-21(24)25)23(26)30-22(4-2)31(27,28)29;/h19,22H,3-18H2,1-2H3,(H,24,25)(H,27,28,29);/q;+1/p-1. The average Bonchev–Trinajstić information content (AvgIpc) is 2.69. The van der Waals surface area contributed by atoms with Gasteiger partial charge in [-0.1, -0.05) is 97.3 Å². The van der Waals surface area contributed by atoms with Crippen LogP contribution in [0, 0.1) is 0 Å². The molecule has 0 aliphatic rings. The van der Waals surface area contributed by atoms with Gasteiger partial charge in [0.15, 0.2) is 0 Å². The van der Waals surface area contributed by atoms with Gasteiger partial charge < -0.3 is 14.6 Å². The number of rotatable bonds is 20. The number of aliphatic carboxylic acids is 1. The molecule has 0 radical (unpaired) electrons. The molecule has 0 saturated carbocycles. The van der Waals surface area contributed by atoms with Gasteiger partial charge in [-0.25, -0.2) is 4.79 Å². The van der Waals surface area contributed by atoms with Crippen molar-refractivity contribution < 1.29 is 62.0 Å². The van der Waals surface area contributed by atoms with E-state index in [4.69, 9.17) is 9.29 Å². The molecule has 0 aliphatic carbocycles. The summed E-state index contributed by atoms with van der Waals surface area (Å²) in [6.07, 6.45) is 17.1. The minimum Gasteiger partial charge on any atom is -0.545 e. The fraction of sp³-hybridized carbons (Fsp3) is 0.826. The molecule has 0 spiro atoms. The smallest absolute Gasteiger partial charge is 0.545 e. The van der Waals surface area contributed by atoms with E-state index < -0.39 is 27.5 Å². The summed E-state index contributed by atoms with van der Waals surface area (Å²) in [5, 5.41) is 10.9. The summed E-state index contributed by atoms with van der Waals surface area (Å²) in [5.41, 5.74) is -1.86. The molecule has 1 N–H and O–H groups in total. The van der Waals surface area contributed by atoms with Crippen LogP contribution in [0.1, 0.15) is 117 Å². The van der Waals surface area contributed by atoms with Crippen molar-refractivity contribution in [2.75, 3.05) is 0 Å². The summed E-state index contributed by atoms with van der Waals surface area (Å²) in [4.78, 5) is 23.0. The predicted octanol–water partition coefficient (Wildman–Crippen LogP) is 1.71. The van der Waals surface area contributed by atoms with Gasteiger partial charge >= 0.3 is 45.6 Å². The van der Waals surface area contributed by atoms with E-state index in [1.165, 1.54) is 71.1 Å². The van der Waals surface area contributed by atoms with Crippen LogP contribution in [0.4, 0.5) is 0 Å². The summed E-state index contributed by atoms with van der Waals surface area (Å²) in [6, 6.07) is 0. The molecular formula is C23H41NaO7S. The van der Waals surface area contributed by atoms with Crippen LogP contribution in [0.3, 0.4) is 0 Å². The first kappa shape index (κ1) is 33.8. The molecule has 7 nitrogen and oxygen atoms in total. The minimum absolute atomic E-state index is 0. The minimum atomic E-state index is -4.56. The molecule has 0 bridgehead atoms. The van der Waals surface area contributed by atoms with Crippen molar-refractivity contribution >= 4 is 22.1 Å². The maximum Gasteiger partial charge on any atom is 1.00 e. The number of carbonyl (C=O) groups is 2. The third-order valence-corrected chi connectivity index (χ3v) is 6.35. The Kier molecular flexibility index (Phi) is 22.3. The number of unbranched alkanes of at least 4 members (excludes halogenated alkanes) is 13. The van der Waals surface area contributed by atoms with Gasteiger partial charge in [0.05, 0.1) is 5.97 Å². The Hall–Kier alpha value is -0.410. The SMILES string of the molecule is CCCCCCCCCCCCCCCCC(=CC(=O)[O-])C(=O)OC(CC)S(=O)(=O)O.[Na+]. The van der Waals surface area contributed by atoms with Crippen molar-refractivity contribution in [3.05, 3.63) is 11.6 Å². The summed E-state index contributed by atoms with van der Waals surface area (Å²) < 4.78 is 36.1. The van der Waals surface area contributed by atoms with Crippen LogP contribution in [-0.4, -0.2) is 30.3 Å². The van der Waals surface area contributed by atoms with E-state index in [9.17, 15) is 23.1 Å². The average molecular weight is 485 g/mol. The van der Waals surface area contributed by atoms with Gasteiger partial charge in [-0.2, -0.15) is 8.42 Å². The van der Waals surface area contributed by atoms with Crippen molar-refractivity contribution in [3.63, 3.8) is 0 Å². The second-order valence-electron chi connectivity index (χ2n) is 8.09. The number of carbonyl (C=O) groups excluding carboxylic acids is 2. The summed E-state index contributed by atoms with van der Waals surface area (Å²) in [5.74, 6) is -2.60. The second kappa shape index (κ2) is 21.1. The van der Waals surface area contributed by atoms with Crippen LogP contribution >= 0.6 is 0 Å². The maximum absolute atomic E-state index is 12.1. The fourth-order valence-electron chi connectivity index (χ4n) is 3.44. The van der Waals surface area contributed by atoms with Crippen LogP contribution in [0.5, 0.6) is 0 Å². The van der Waals surface area contributed by atoms with Crippen LogP contribution < -0.4 is 34.7 Å². The molecule has 0 fully saturated rings. The Morgan fingerprint density at radius 2 is 1.25 bits per heavy atom. The molecule has 0 aromatic heterocycles. The zero-order valence-electron chi connectivity index (χ0n) is 20.3. The van der Waals surface area contributed by atoms with Crippen molar-refractivity contribution in [1.82, 2.24) is 0 Å². The largest absolute Gasteiger partial charge is 1.00 e. The summed E-state index contributed by atoms with van der Waals surface area (Å²) in [7, 11) is -4.56. The third kappa shape index (κ3) is 19.1. The van der Waals surface area contributed by atoms with Gasteiger partial charge in [-0.3, -0.25) is 4.55 Å². The zero-order chi connectivity index (χ0) is 23.5. The van der Waals surface area contributed by atoms with E-state index in [-0.39, 0.29) is 48.0 Å². The van der Waals surface area contributed by atoms with Crippen molar-refractivity contribution in [1.29, 1.82) is 0 Å². The summed E-state index contributed by atoms with van der Waals surface area (Å²) in [6.45, 7) is 3.66. The molecule has 0 aliphatic heterocycles. The first-order valence-electron chi connectivity index (χ1n) is 11.8. The zero-order valence-corrected chi connectivity index (χ0v) is 23.1. The van der Waals surface area contributed by atoms with E-state index in [1.54, 1.807) is 0 Å². The van der Waals surface area contributed by atoms with E-state index >= 15 is 0 Å². The van der Waals surface area contributed by atoms with Gasteiger partial charge in [-0.15, -0.1) is 0 Å². The van der Waals surface area contributed by atoms with E-state index in [0.717, 1.165) is 19.3 Å². The van der Waals surface area contributed by atoms with Crippen LogP contribution in [-0.2, 0) is 24.4 Å². The Balaban J connectivity index is 0. The van der Waals surface area contributed by atoms with Gasteiger partial charge in [-0.05, 0) is 25.3 Å². The molecule has 0 saturated heterocycles. The molecule has 0 aromatic carbocycles. The molecule has 1 atom stereocenters. The van der Waals surface area contributed by atoms with Gasteiger partial charge in [0, 0.05) is 5.57 Å². The monoisotopic (exact) mass is 484 g/mol. The Morgan fingerprint density at radius 1 is 0.844 bits per heavy atom. The first-order valence-corrected chi connectivity index (χ1v) is 13.3. The number of hydrogen-bond acceptors (Lipinski definition) is 6. The molecule has 32 heavy (non-hydrogen) atoms. The van der Waals surface area contributed by atoms with Crippen molar-refractivity contribution in [2.45, 2.75) is 122 Å². The van der Waals surface area contributed by atoms with Crippen LogP contribution in [0.25, 0.3) is 0 Å². The van der Waals surface area contributed by atoms with Crippen LogP contribution in [0.2, 0.25) is 0 Å². The molecule has 0 aromatic rings. The number of carboxylic acid groups (broad SMARTS) is 1. The van der Waals surface area contributed by atoms with Crippen molar-refractivity contribution in [3.8, 4) is 0 Å². The quantitative estimate of drug-likeness (QED) is 0.0918. The molecule has 9 heteroatoms. The molecule has 0 rings (SSSR count). The third-order valence-electron chi connectivity index (χ3n) is 5.26. The molecule has 182 valence electrons. The maximum atomic E-state index is 12.1. The van der Waals surface area contributed by atoms with Gasteiger partial charge in [0.25, 0.3) is 0 Å². The second-order valence-corrected chi connectivity index (χ2v) is 9.65. The molecule has 0 amide bonds. The molecule has 1 unspecified atom stereocenters. The van der Waals surface area contributed by atoms with E-state index in [2.05, 4.69) is 6.92 Å². The van der Waals surface area contributed by atoms with Gasteiger partial charge in [0.2, 0.25) is 5.44 Å². The Bertz CT molecular complexity index is 632. The first-order chi connectivity index (χ1) is 14.7. The normalized spacial score (nSPS) is 12.8. The van der Waals surface area contributed by atoms with Crippen molar-refractivity contribution in [2.24, 2.45) is 0 Å². The number of hydrogen-bond donors (Lipinski definition) is 1. The number of esters is 1. The number of ether oxygens (including phenoxy) is 1. The Morgan fingerprint density at radius 3 is 1.59 bits per heavy atom. The predicted molar refractivity (Wildman–Crippen MR) is 120 cm³/mol. The van der Waals surface area contributed by atoms with Crippen LogP contribution in [0.15, 0.2) is 11.6 Å². The Labute approximate surface area is 216 Å². The fourth-order valence-corrected chi connectivity index (χ4v) is 4.07. The summed E-state index contributed by atoms with van der Waals surface area (Å²) >= 11 is 0. The molecular weight excluding hydrogens is 443 g/mol. The topological polar surface area (TPSA) is 121 Å². The molecule has 0 heterocycles. The van der Waals surface area contributed by atoms with E-state index in [0.29, 0.717) is 12.5 Å².